The van der Waals surface area contributed by atoms with Crippen LogP contribution in [-0.2, 0) is 4.43 Å². The summed E-state index contributed by atoms with van der Waals surface area (Å²) in [5.41, 5.74) is 0. The molecule has 134 valence electrons. The van der Waals surface area contributed by atoms with Crippen LogP contribution in [0.3, 0.4) is 0 Å². The second-order valence-corrected chi connectivity index (χ2v) is 13.0. The lowest BCUT2D eigenvalue weighted by atomic mass is 9.99. The van der Waals surface area contributed by atoms with Gasteiger partial charge in [0.1, 0.15) is 0 Å². The first-order valence-corrected chi connectivity index (χ1v) is 12.8. The van der Waals surface area contributed by atoms with Crippen molar-refractivity contribution in [3.63, 3.8) is 0 Å². The molecule has 0 radical (unpaired) electrons. The van der Waals surface area contributed by atoms with Gasteiger partial charge in [-0.1, -0.05) is 92.4 Å². The fraction of sp³-hybridized carbons (Fsp3) is 1.00. The molecule has 0 atom stereocenters. The van der Waals surface area contributed by atoms with Crippen molar-refractivity contribution >= 4 is 8.32 Å². The summed E-state index contributed by atoms with van der Waals surface area (Å²) in [4.78, 5) is 0. The van der Waals surface area contributed by atoms with Crippen LogP contribution in [-0.4, -0.2) is 14.9 Å². The molecule has 0 saturated heterocycles. The van der Waals surface area contributed by atoms with E-state index in [0.29, 0.717) is 11.0 Å². The Morgan fingerprint density at radius 2 is 1.18 bits per heavy atom. The maximum absolute atomic E-state index is 6.37. The highest BCUT2D eigenvalue weighted by Crippen LogP contribution is 2.44. The van der Waals surface area contributed by atoms with Crippen molar-refractivity contribution in [1.29, 1.82) is 0 Å². The minimum Gasteiger partial charge on any atom is -0.417 e. The Kier molecular flexibility index (Phi) is 11.8. The molecule has 0 bridgehead atoms. The Morgan fingerprint density at radius 3 is 1.59 bits per heavy atom. The van der Waals surface area contributed by atoms with Crippen molar-refractivity contribution in [2.45, 2.75) is 117 Å². The van der Waals surface area contributed by atoms with Crippen LogP contribution in [0.25, 0.3) is 0 Å². The van der Waals surface area contributed by atoms with Crippen LogP contribution in [0.5, 0.6) is 0 Å². The Hall–Kier alpha value is 0.177. The van der Waals surface area contributed by atoms with Crippen molar-refractivity contribution in [3.05, 3.63) is 0 Å². The molecule has 0 aromatic rings. The molecule has 0 amide bonds. The predicted octanol–water partition coefficient (Wildman–Crippen LogP) is 7.57. The first-order valence-electron chi connectivity index (χ1n) is 9.89. The highest BCUT2D eigenvalue weighted by atomic mass is 28.4. The molecule has 0 unspecified atom stereocenters. The van der Waals surface area contributed by atoms with Gasteiger partial charge in [0.25, 0.3) is 0 Å². The second-order valence-electron chi connectivity index (χ2n) is 8.42. The quantitative estimate of drug-likeness (QED) is 0.236. The van der Waals surface area contributed by atoms with Crippen molar-refractivity contribution in [2.24, 2.45) is 5.92 Å². The van der Waals surface area contributed by atoms with Crippen LogP contribution in [0, 0.1) is 5.92 Å². The molecule has 0 aliphatic rings. The zero-order valence-corrected chi connectivity index (χ0v) is 17.8. The van der Waals surface area contributed by atoms with E-state index in [-0.39, 0.29) is 0 Å². The molecule has 0 heterocycles. The van der Waals surface area contributed by atoms with Crippen LogP contribution in [0.15, 0.2) is 0 Å². The molecule has 0 rings (SSSR count). The van der Waals surface area contributed by atoms with Gasteiger partial charge in [0.2, 0.25) is 0 Å². The summed E-state index contributed by atoms with van der Waals surface area (Å²) in [5, 5.41) is 0.353. The van der Waals surface area contributed by atoms with Gasteiger partial charge in [-0.3, -0.25) is 0 Å². The summed E-state index contributed by atoms with van der Waals surface area (Å²) in [5.74, 6) is 0.696. The average molecular weight is 329 g/mol. The SMILES string of the molecule is CCCCCCCCCCCCO[Si](C)(C)C(C)(C)C(C)C. The van der Waals surface area contributed by atoms with Crippen LogP contribution < -0.4 is 0 Å². The summed E-state index contributed by atoms with van der Waals surface area (Å²) in [6, 6.07) is 0. The number of unbranched alkanes of at least 4 members (excludes halogenated alkanes) is 9. The Labute approximate surface area is 142 Å². The molecule has 0 saturated carbocycles. The van der Waals surface area contributed by atoms with Gasteiger partial charge in [0, 0.05) is 6.61 Å². The lowest BCUT2D eigenvalue weighted by Crippen LogP contribution is -2.45. The highest BCUT2D eigenvalue weighted by molar-refractivity contribution is 6.74. The molecule has 0 N–H and O–H groups in total. The maximum Gasteiger partial charge on any atom is 0.192 e. The van der Waals surface area contributed by atoms with Gasteiger partial charge in [-0.15, -0.1) is 0 Å². The van der Waals surface area contributed by atoms with Crippen molar-refractivity contribution < 1.29 is 4.43 Å². The standard InChI is InChI=1S/C20H44OSi/c1-8-9-10-11-12-13-14-15-16-17-18-21-22(6,7)20(4,5)19(2)3/h19H,8-18H2,1-7H3. The lowest BCUT2D eigenvalue weighted by molar-refractivity contribution is 0.258. The summed E-state index contributed by atoms with van der Waals surface area (Å²) < 4.78 is 6.37. The number of rotatable bonds is 14. The minimum atomic E-state index is -1.59. The number of hydrogen-bond donors (Lipinski definition) is 0. The summed E-state index contributed by atoms with van der Waals surface area (Å²) >= 11 is 0. The average Bonchev–Trinajstić information content (AvgIpc) is 2.44. The minimum absolute atomic E-state index is 0.353. The smallest absolute Gasteiger partial charge is 0.192 e. The van der Waals surface area contributed by atoms with E-state index in [4.69, 9.17) is 4.43 Å². The van der Waals surface area contributed by atoms with Crippen LogP contribution in [0.2, 0.25) is 18.1 Å². The molecule has 0 aliphatic heterocycles. The zero-order chi connectivity index (χ0) is 17.1. The third-order valence-corrected chi connectivity index (χ3v) is 10.6. The monoisotopic (exact) mass is 328 g/mol. The van der Waals surface area contributed by atoms with Crippen LogP contribution in [0.4, 0.5) is 0 Å². The zero-order valence-electron chi connectivity index (χ0n) is 16.8. The van der Waals surface area contributed by atoms with E-state index in [2.05, 4.69) is 47.7 Å². The fourth-order valence-electron chi connectivity index (χ4n) is 2.80. The van der Waals surface area contributed by atoms with E-state index < -0.39 is 8.32 Å². The van der Waals surface area contributed by atoms with Gasteiger partial charge < -0.3 is 4.43 Å². The Bertz CT molecular complexity index is 258. The molecule has 22 heavy (non-hydrogen) atoms. The van der Waals surface area contributed by atoms with Crippen molar-refractivity contribution in [3.8, 4) is 0 Å². The fourth-order valence-corrected chi connectivity index (χ4v) is 5.22. The number of hydrogen-bond acceptors (Lipinski definition) is 1. The van der Waals surface area contributed by atoms with Gasteiger partial charge in [0.15, 0.2) is 8.32 Å². The van der Waals surface area contributed by atoms with E-state index in [1.807, 2.05) is 0 Å². The predicted molar refractivity (Wildman–Crippen MR) is 104 cm³/mol. The molecule has 0 spiro atoms. The van der Waals surface area contributed by atoms with E-state index in [0.717, 1.165) is 6.61 Å². The summed E-state index contributed by atoms with van der Waals surface area (Å²) in [7, 11) is -1.59. The topological polar surface area (TPSA) is 9.23 Å². The van der Waals surface area contributed by atoms with Gasteiger partial charge in [-0.05, 0) is 30.5 Å². The summed E-state index contributed by atoms with van der Waals surface area (Å²) in [6.45, 7) is 17.5. The molecular formula is C20H44OSi. The molecule has 2 heteroatoms. The normalized spacial score (nSPS) is 13.1. The third-order valence-electron chi connectivity index (χ3n) is 5.96. The first-order chi connectivity index (χ1) is 10.3. The maximum atomic E-state index is 6.37. The molecule has 0 aliphatic carbocycles. The van der Waals surface area contributed by atoms with Crippen molar-refractivity contribution in [1.82, 2.24) is 0 Å². The molecule has 1 nitrogen and oxygen atoms in total. The van der Waals surface area contributed by atoms with Gasteiger partial charge >= 0.3 is 0 Å². The Morgan fingerprint density at radius 1 is 0.773 bits per heavy atom. The van der Waals surface area contributed by atoms with E-state index in [1.54, 1.807) is 0 Å². The molecule has 0 fully saturated rings. The highest BCUT2D eigenvalue weighted by Gasteiger charge is 2.42. The molecule has 0 aromatic carbocycles. The van der Waals surface area contributed by atoms with Gasteiger partial charge in [-0.2, -0.15) is 0 Å². The Balaban J connectivity index is 3.57. The van der Waals surface area contributed by atoms with Crippen LogP contribution in [0.1, 0.15) is 98.8 Å². The van der Waals surface area contributed by atoms with Crippen LogP contribution >= 0.6 is 0 Å². The van der Waals surface area contributed by atoms with Gasteiger partial charge in [0.05, 0.1) is 0 Å². The molecular weight excluding hydrogens is 284 g/mol. The molecule has 0 aromatic heterocycles. The largest absolute Gasteiger partial charge is 0.417 e. The third kappa shape index (κ3) is 8.72. The summed E-state index contributed by atoms with van der Waals surface area (Å²) in [6.07, 6.45) is 14.0. The second kappa shape index (κ2) is 11.7. The van der Waals surface area contributed by atoms with E-state index in [9.17, 15) is 0 Å². The lowest BCUT2D eigenvalue weighted by Gasteiger charge is -2.42. The van der Waals surface area contributed by atoms with Crippen molar-refractivity contribution in [2.75, 3.05) is 6.61 Å². The van der Waals surface area contributed by atoms with E-state index >= 15 is 0 Å². The van der Waals surface area contributed by atoms with E-state index in [1.165, 1.54) is 64.2 Å². The first kappa shape index (κ1) is 22.2. The van der Waals surface area contributed by atoms with Gasteiger partial charge in [-0.25, -0.2) is 0 Å².